The van der Waals surface area contributed by atoms with Crippen molar-refractivity contribution >= 4 is 6.03 Å². The molecule has 0 spiro atoms. The number of urea groups is 1. The Morgan fingerprint density at radius 3 is 2.57 bits per heavy atom. The predicted molar refractivity (Wildman–Crippen MR) is 76.4 cm³/mol. The smallest absolute Gasteiger partial charge is 0.375 e. The van der Waals surface area contributed by atoms with Crippen molar-refractivity contribution in [2.24, 2.45) is 5.73 Å². The van der Waals surface area contributed by atoms with E-state index in [1.807, 2.05) is 0 Å². The number of amides is 2. The quantitative estimate of drug-likeness (QED) is 0.887. The van der Waals surface area contributed by atoms with E-state index < -0.39 is 23.5 Å². The lowest BCUT2D eigenvalue weighted by Crippen LogP contribution is -2.60. The van der Waals surface area contributed by atoms with E-state index in [1.165, 1.54) is 17.0 Å². The second-order valence-electron chi connectivity index (χ2n) is 5.57. The van der Waals surface area contributed by atoms with E-state index in [9.17, 15) is 23.1 Å². The monoisotopic (exact) mass is 332 g/mol. The number of morpholine rings is 1. The van der Waals surface area contributed by atoms with Crippen molar-refractivity contribution in [2.75, 3.05) is 19.8 Å². The Bertz CT molecular complexity index is 548. The molecule has 1 aliphatic heterocycles. The minimum Gasteiger partial charge on any atom is -0.375 e. The maximum Gasteiger partial charge on any atom is 0.416 e. The molecule has 0 aromatic heterocycles. The lowest BCUT2D eigenvalue weighted by atomic mass is 10.00. The number of carbonyl (C=O) groups is 1. The minimum absolute atomic E-state index is 0.0248. The highest BCUT2D eigenvalue weighted by molar-refractivity contribution is 5.72. The number of rotatable bonds is 4. The summed E-state index contributed by atoms with van der Waals surface area (Å²) >= 11 is 0. The summed E-state index contributed by atoms with van der Waals surface area (Å²) in [6, 6.07) is 4.17. The van der Waals surface area contributed by atoms with Crippen LogP contribution in [-0.2, 0) is 17.3 Å². The fourth-order valence-electron chi connectivity index (χ4n) is 2.64. The molecule has 3 N–H and O–H groups in total. The molecule has 1 heterocycles. The fraction of sp³-hybridized carbons (Fsp3) is 0.533. The molecule has 1 unspecified atom stereocenters. The van der Waals surface area contributed by atoms with Crippen molar-refractivity contribution in [2.45, 2.75) is 31.2 Å². The van der Waals surface area contributed by atoms with Gasteiger partial charge in [0.15, 0.2) is 5.72 Å². The highest BCUT2D eigenvalue weighted by Gasteiger charge is 2.39. The maximum absolute atomic E-state index is 12.5. The van der Waals surface area contributed by atoms with Crippen LogP contribution in [0.5, 0.6) is 0 Å². The number of hydrogen-bond acceptors (Lipinski definition) is 3. The van der Waals surface area contributed by atoms with Crippen LogP contribution in [0, 0.1) is 0 Å². The molecule has 2 amide bonds. The molecule has 0 aliphatic carbocycles. The number of aryl methyl sites for hydroxylation is 1. The van der Waals surface area contributed by atoms with E-state index in [4.69, 9.17) is 10.5 Å². The van der Waals surface area contributed by atoms with Gasteiger partial charge >= 0.3 is 12.2 Å². The summed E-state index contributed by atoms with van der Waals surface area (Å²) in [6.45, 7) is 0.499. The summed E-state index contributed by atoms with van der Waals surface area (Å²) in [5.74, 6) is 0. The zero-order valence-corrected chi connectivity index (χ0v) is 12.5. The third-order valence-corrected chi connectivity index (χ3v) is 3.88. The number of carbonyl (C=O) groups excluding carboxylic acids is 1. The number of aliphatic hydroxyl groups is 1. The lowest BCUT2D eigenvalue weighted by Gasteiger charge is -2.42. The van der Waals surface area contributed by atoms with Crippen LogP contribution >= 0.6 is 0 Å². The Balaban J connectivity index is 1.92. The number of alkyl halides is 3. The summed E-state index contributed by atoms with van der Waals surface area (Å²) in [4.78, 5) is 12.5. The first-order chi connectivity index (χ1) is 10.7. The van der Waals surface area contributed by atoms with E-state index in [-0.39, 0.29) is 19.6 Å². The predicted octanol–water partition coefficient (Wildman–Crippen LogP) is 2.13. The Morgan fingerprint density at radius 1 is 1.35 bits per heavy atom. The Kier molecular flexibility index (Phi) is 5.16. The average Bonchev–Trinajstić information content (AvgIpc) is 2.47. The molecule has 0 radical (unpaired) electrons. The molecule has 2 rings (SSSR count). The average molecular weight is 332 g/mol. The molecule has 1 atom stereocenters. The zero-order valence-electron chi connectivity index (χ0n) is 12.5. The SMILES string of the molecule is NC(=O)N1CCOCC1(O)CCCc1ccc(C(F)(F)F)cc1. The van der Waals surface area contributed by atoms with Gasteiger partial charge in [-0.1, -0.05) is 12.1 Å². The number of primary amides is 1. The van der Waals surface area contributed by atoms with Crippen LogP contribution in [0.15, 0.2) is 24.3 Å². The molecule has 0 bridgehead atoms. The van der Waals surface area contributed by atoms with Gasteiger partial charge in [-0.05, 0) is 37.0 Å². The first-order valence-corrected chi connectivity index (χ1v) is 7.26. The van der Waals surface area contributed by atoms with Gasteiger partial charge in [0, 0.05) is 6.54 Å². The fourth-order valence-corrected chi connectivity index (χ4v) is 2.64. The molecule has 1 saturated heterocycles. The van der Waals surface area contributed by atoms with Crippen LogP contribution < -0.4 is 5.73 Å². The molecule has 8 heteroatoms. The van der Waals surface area contributed by atoms with Gasteiger partial charge in [0.25, 0.3) is 0 Å². The standard InChI is InChI=1S/C15H19F3N2O3/c16-15(17,18)12-5-3-11(4-6-12)2-1-7-14(22)10-23-9-8-20(14)13(19)21/h3-6,22H,1-2,7-10H2,(H2,19,21). The van der Waals surface area contributed by atoms with Gasteiger partial charge in [-0.3, -0.25) is 4.90 Å². The maximum atomic E-state index is 12.5. The van der Waals surface area contributed by atoms with Gasteiger partial charge < -0.3 is 15.6 Å². The normalized spacial score (nSPS) is 22.2. The summed E-state index contributed by atoms with van der Waals surface area (Å²) in [7, 11) is 0. The van der Waals surface area contributed by atoms with E-state index in [0.717, 1.165) is 17.7 Å². The Labute approximate surface area is 131 Å². The third kappa shape index (κ3) is 4.35. The van der Waals surface area contributed by atoms with E-state index in [2.05, 4.69) is 0 Å². The third-order valence-electron chi connectivity index (χ3n) is 3.88. The van der Waals surface area contributed by atoms with Crippen molar-refractivity contribution in [3.63, 3.8) is 0 Å². The highest BCUT2D eigenvalue weighted by Crippen LogP contribution is 2.29. The number of nitrogens with two attached hydrogens (primary N) is 1. The van der Waals surface area contributed by atoms with Crippen molar-refractivity contribution in [3.8, 4) is 0 Å². The number of halogens is 3. The zero-order chi connectivity index (χ0) is 17.1. The van der Waals surface area contributed by atoms with Crippen LogP contribution in [0.1, 0.15) is 24.0 Å². The second kappa shape index (κ2) is 6.76. The van der Waals surface area contributed by atoms with Gasteiger partial charge in [0.05, 0.1) is 18.8 Å². The summed E-state index contributed by atoms with van der Waals surface area (Å²) in [5.41, 5.74) is 3.82. The molecule has 128 valence electrons. The summed E-state index contributed by atoms with van der Waals surface area (Å²) < 4.78 is 42.7. The Morgan fingerprint density at radius 2 is 2.00 bits per heavy atom. The minimum atomic E-state index is -4.35. The number of ether oxygens (including phenoxy) is 1. The van der Waals surface area contributed by atoms with Gasteiger partial charge in [0.2, 0.25) is 0 Å². The van der Waals surface area contributed by atoms with Crippen LogP contribution in [-0.4, -0.2) is 41.5 Å². The molecular weight excluding hydrogens is 313 g/mol. The first kappa shape index (κ1) is 17.6. The molecule has 1 aliphatic rings. The summed E-state index contributed by atoms with van der Waals surface area (Å²) in [6.07, 6.45) is -3.16. The molecule has 1 aromatic carbocycles. The molecule has 0 saturated carbocycles. The number of benzene rings is 1. The topological polar surface area (TPSA) is 75.8 Å². The van der Waals surface area contributed by atoms with Gasteiger partial charge in [-0.15, -0.1) is 0 Å². The van der Waals surface area contributed by atoms with Crippen molar-refractivity contribution in [1.29, 1.82) is 0 Å². The van der Waals surface area contributed by atoms with Crippen LogP contribution in [0.2, 0.25) is 0 Å². The number of hydrogen-bond donors (Lipinski definition) is 2. The van der Waals surface area contributed by atoms with Crippen LogP contribution in [0.4, 0.5) is 18.0 Å². The van der Waals surface area contributed by atoms with Crippen LogP contribution in [0.3, 0.4) is 0 Å². The molecular formula is C15H19F3N2O3. The van der Waals surface area contributed by atoms with E-state index >= 15 is 0 Å². The van der Waals surface area contributed by atoms with Crippen molar-refractivity contribution < 1.29 is 27.8 Å². The first-order valence-electron chi connectivity index (χ1n) is 7.26. The van der Waals surface area contributed by atoms with E-state index in [1.54, 1.807) is 0 Å². The molecule has 1 fully saturated rings. The van der Waals surface area contributed by atoms with Gasteiger partial charge in [0.1, 0.15) is 0 Å². The molecule has 5 nitrogen and oxygen atoms in total. The molecule has 23 heavy (non-hydrogen) atoms. The molecule has 1 aromatic rings. The highest BCUT2D eigenvalue weighted by atomic mass is 19.4. The largest absolute Gasteiger partial charge is 0.416 e. The Hall–Kier alpha value is -1.80. The van der Waals surface area contributed by atoms with E-state index in [0.29, 0.717) is 19.4 Å². The number of nitrogens with zero attached hydrogens (tertiary/aromatic N) is 1. The summed E-state index contributed by atoms with van der Waals surface area (Å²) in [5, 5.41) is 10.5. The van der Waals surface area contributed by atoms with Gasteiger partial charge in [-0.25, -0.2) is 4.79 Å². The van der Waals surface area contributed by atoms with Crippen molar-refractivity contribution in [1.82, 2.24) is 4.90 Å². The van der Waals surface area contributed by atoms with Crippen molar-refractivity contribution in [3.05, 3.63) is 35.4 Å². The lowest BCUT2D eigenvalue weighted by molar-refractivity contribution is -0.170. The second-order valence-corrected chi connectivity index (χ2v) is 5.57. The van der Waals surface area contributed by atoms with Gasteiger partial charge in [-0.2, -0.15) is 13.2 Å². The van der Waals surface area contributed by atoms with Crippen LogP contribution in [0.25, 0.3) is 0 Å².